The Morgan fingerprint density at radius 3 is 2.67 bits per heavy atom. The molecular weight excluding hydrogens is 224 g/mol. The Bertz CT molecular complexity index is 390. The normalized spacial score (nSPS) is 27.6. The molecule has 0 amide bonds. The summed E-state index contributed by atoms with van der Waals surface area (Å²) in [6.45, 7) is 3.65. The van der Waals surface area contributed by atoms with Gasteiger partial charge in [-0.3, -0.25) is 4.90 Å². The summed E-state index contributed by atoms with van der Waals surface area (Å²) < 4.78 is 0. The molecule has 2 unspecified atom stereocenters. The zero-order chi connectivity index (χ0) is 12.4. The lowest BCUT2D eigenvalue weighted by atomic mass is 10.1. The van der Waals surface area contributed by atoms with Crippen LogP contribution in [0.4, 0.5) is 0 Å². The van der Waals surface area contributed by atoms with Gasteiger partial charge in [0.15, 0.2) is 0 Å². The molecule has 1 aromatic rings. The second kappa shape index (κ2) is 5.39. The molecule has 0 aromatic heterocycles. The Hall–Kier alpha value is -0.900. The van der Waals surface area contributed by atoms with E-state index in [4.69, 9.17) is 5.11 Å². The van der Waals surface area contributed by atoms with Crippen LogP contribution in [0, 0.1) is 0 Å². The van der Waals surface area contributed by atoms with Crippen molar-refractivity contribution in [1.29, 1.82) is 0 Å². The van der Waals surface area contributed by atoms with Crippen LogP contribution in [0.3, 0.4) is 0 Å². The Kier molecular flexibility index (Phi) is 3.64. The Morgan fingerprint density at radius 1 is 1.11 bits per heavy atom. The molecular formula is C15H22N2O. The lowest BCUT2D eigenvalue weighted by Gasteiger charge is -2.21. The van der Waals surface area contributed by atoms with Gasteiger partial charge in [-0.2, -0.15) is 0 Å². The van der Waals surface area contributed by atoms with E-state index in [0.29, 0.717) is 6.04 Å². The third-order valence-electron chi connectivity index (χ3n) is 4.38. The maximum absolute atomic E-state index is 9.01. The fraction of sp³-hybridized carbons (Fsp3) is 0.600. The summed E-state index contributed by atoms with van der Waals surface area (Å²) in [7, 11) is 0. The molecule has 2 aliphatic rings. The van der Waals surface area contributed by atoms with Gasteiger partial charge in [-0.05, 0) is 36.9 Å². The number of aliphatic hydroxyl groups excluding tert-OH is 1. The molecule has 2 heterocycles. The van der Waals surface area contributed by atoms with Gasteiger partial charge >= 0.3 is 0 Å². The van der Waals surface area contributed by atoms with Crippen molar-refractivity contribution in [3.63, 3.8) is 0 Å². The van der Waals surface area contributed by atoms with Crippen LogP contribution in [0.15, 0.2) is 24.3 Å². The summed E-state index contributed by atoms with van der Waals surface area (Å²) in [4.78, 5) is 2.63. The predicted octanol–water partition coefficient (Wildman–Crippen LogP) is 1.51. The molecule has 0 radical (unpaired) electrons. The molecule has 0 aliphatic carbocycles. The van der Waals surface area contributed by atoms with Crippen LogP contribution < -0.4 is 5.32 Å². The van der Waals surface area contributed by atoms with Crippen LogP contribution in [-0.4, -0.2) is 35.2 Å². The summed E-state index contributed by atoms with van der Waals surface area (Å²) in [5, 5.41) is 12.7. The second-order valence-corrected chi connectivity index (χ2v) is 5.50. The number of fused-ring (bicyclic) bond motifs is 1. The topological polar surface area (TPSA) is 35.5 Å². The molecule has 2 atom stereocenters. The minimum Gasteiger partial charge on any atom is -0.392 e. The number of hydrogen-bond donors (Lipinski definition) is 2. The Labute approximate surface area is 109 Å². The zero-order valence-electron chi connectivity index (χ0n) is 10.8. The molecule has 2 saturated heterocycles. The van der Waals surface area contributed by atoms with Crippen LogP contribution in [0.5, 0.6) is 0 Å². The van der Waals surface area contributed by atoms with Gasteiger partial charge in [-0.25, -0.2) is 0 Å². The van der Waals surface area contributed by atoms with Crippen molar-refractivity contribution in [3.05, 3.63) is 35.4 Å². The van der Waals surface area contributed by atoms with Gasteiger partial charge in [-0.15, -0.1) is 0 Å². The van der Waals surface area contributed by atoms with E-state index in [-0.39, 0.29) is 6.61 Å². The van der Waals surface area contributed by atoms with Crippen LogP contribution in [0.1, 0.15) is 30.4 Å². The van der Waals surface area contributed by atoms with Gasteiger partial charge in [0.25, 0.3) is 0 Å². The zero-order valence-corrected chi connectivity index (χ0v) is 10.8. The first kappa shape index (κ1) is 12.2. The van der Waals surface area contributed by atoms with Crippen molar-refractivity contribution >= 4 is 0 Å². The summed E-state index contributed by atoms with van der Waals surface area (Å²) in [6, 6.07) is 9.69. The predicted molar refractivity (Wildman–Crippen MR) is 72.2 cm³/mol. The molecule has 1 aromatic carbocycles. The minimum atomic E-state index is 0.132. The highest BCUT2D eigenvalue weighted by Crippen LogP contribution is 2.28. The quantitative estimate of drug-likeness (QED) is 0.845. The smallest absolute Gasteiger partial charge is 0.0681 e. The van der Waals surface area contributed by atoms with E-state index < -0.39 is 0 Å². The third-order valence-corrected chi connectivity index (χ3v) is 4.38. The highest BCUT2D eigenvalue weighted by atomic mass is 16.3. The molecule has 0 spiro atoms. The van der Waals surface area contributed by atoms with Crippen molar-refractivity contribution in [1.82, 2.24) is 10.2 Å². The van der Waals surface area contributed by atoms with E-state index in [9.17, 15) is 0 Å². The molecule has 0 saturated carbocycles. The van der Waals surface area contributed by atoms with Gasteiger partial charge in [0.05, 0.1) is 6.61 Å². The summed E-state index contributed by atoms with van der Waals surface area (Å²) in [6.07, 6.45) is 4.02. The third kappa shape index (κ3) is 2.44. The van der Waals surface area contributed by atoms with Crippen molar-refractivity contribution in [3.8, 4) is 0 Å². The minimum absolute atomic E-state index is 0.132. The van der Waals surface area contributed by atoms with Crippen molar-refractivity contribution in [2.45, 2.75) is 44.5 Å². The van der Waals surface area contributed by atoms with Gasteiger partial charge in [0.1, 0.15) is 0 Å². The molecule has 2 fully saturated rings. The Balaban J connectivity index is 1.54. The molecule has 98 valence electrons. The average molecular weight is 246 g/mol. The van der Waals surface area contributed by atoms with Crippen LogP contribution in [0.2, 0.25) is 0 Å². The van der Waals surface area contributed by atoms with E-state index in [1.165, 1.54) is 37.9 Å². The number of benzene rings is 1. The molecule has 3 nitrogen and oxygen atoms in total. The van der Waals surface area contributed by atoms with Gasteiger partial charge < -0.3 is 10.4 Å². The molecule has 3 rings (SSSR count). The summed E-state index contributed by atoms with van der Waals surface area (Å²) in [5.41, 5.74) is 2.30. The van der Waals surface area contributed by atoms with E-state index in [1.807, 2.05) is 12.1 Å². The number of aliphatic hydroxyl groups is 1. The van der Waals surface area contributed by atoms with Crippen molar-refractivity contribution in [2.24, 2.45) is 0 Å². The summed E-state index contributed by atoms with van der Waals surface area (Å²) >= 11 is 0. The van der Waals surface area contributed by atoms with Gasteiger partial charge in [-0.1, -0.05) is 24.3 Å². The molecule has 2 N–H and O–H groups in total. The second-order valence-electron chi connectivity index (χ2n) is 5.50. The number of nitrogens with one attached hydrogen (secondary N) is 1. The fourth-order valence-electron chi connectivity index (χ4n) is 3.33. The van der Waals surface area contributed by atoms with E-state index in [2.05, 4.69) is 22.3 Å². The first-order valence-corrected chi connectivity index (χ1v) is 7.03. The molecule has 3 heteroatoms. The highest BCUT2D eigenvalue weighted by Gasteiger charge is 2.36. The largest absolute Gasteiger partial charge is 0.392 e. The first-order valence-electron chi connectivity index (χ1n) is 7.03. The fourth-order valence-corrected chi connectivity index (χ4v) is 3.33. The summed E-state index contributed by atoms with van der Waals surface area (Å²) in [5.74, 6) is 0. The first-order chi connectivity index (χ1) is 8.86. The van der Waals surface area contributed by atoms with Crippen LogP contribution >= 0.6 is 0 Å². The monoisotopic (exact) mass is 246 g/mol. The lowest BCUT2D eigenvalue weighted by molar-refractivity contribution is 0.282. The maximum atomic E-state index is 9.01. The van der Waals surface area contributed by atoms with E-state index in [0.717, 1.165) is 18.2 Å². The van der Waals surface area contributed by atoms with Gasteiger partial charge in [0, 0.05) is 25.2 Å². The maximum Gasteiger partial charge on any atom is 0.0681 e. The lowest BCUT2D eigenvalue weighted by Crippen LogP contribution is -2.38. The number of hydrogen-bond acceptors (Lipinski definition) is 3. The average Bonchev–Trinajstić information content (AvgIpc) is 3.00. The standard InChI is InChI=1S/C15H22N2O/c18-11-13-5-3-12(4-6-13)10-16-14-7-9-17-8-1-2-15(14)17/h3-6,14-16,18H,1-2,7-11H2. The van der Waals surface area contributed by atoms with Crippen LogP contribution in [0.25, 0.3) is 0 Å². The van der Waals surface area contributed by atoms with Crippen molar-refractivity contribution < 1.29 is 5.11 Å². The molecule has 18 heavy (non-hydrogen) atoms. The molecule has 0 bridgehead atoms. The molecule has 2 aliphatic heterocycles. The number of rotatable bonds is 4. The van der Waals surface area contributed by atoms with Crippen LogP contribution in [-0.2, 0) is 13.2 Å². The SMILES string of the molecule is OCc1ccc(CNC2CCN3CCCC23)cc1. The highest BCUT2D eigenvalue weighted by molar-refractivity contribution is 5.22. The number of nitrogens with zero attached hydrogens (tertiary/aromatic N) is 1. The van der Waals surface area contributed by atoms with Gasteiger partial charge in [0.2, 0.25) is 0 Å². The van der Waals surface area contributed by atoms with E-state index in [1.54, 1.807) is 0 Å². The van der Waals surface area contributed by atoms with E-state index >= 15 is 0 Å². The Morgan fingerprint density at radius 2 is 1.89 bits per heavy atom. The van der Waals surface area contributed by atoms with Crippen molar-refractivity contribution in [2.75, 3.05) is 13.1 Å².